The average molecular weight is 201 g/mol. The molecule has 0 rings (SSSR count). The van der Waals surface area contributed by atoms with E-state index in [1.807, 2.05) is 6.92 Å². The third-order valence-electron chi connectivity index (χ3n) is 3.39. The molecular weight excluding hydrogens is 174 g/mol. The van der Waals surface area contributed by atoms with E-state index in [-0.39, 0.29) is 0 Å². The van der Waals surface area contributed by atoms with Gasteiger partial charge in [-0.1, -0.05) is 27.7 Å². The van der Waals surface area contributed by atoms with Gasteiger partial charge in [-0.05, 0) is 32.7 Å². The topological polar surface area (TPSA) is 23.5 Å². The van der Waals surface area contributed by atoms with Crippen molar-refractivity contribution in [3.63, 3.8) is 0 Å². The number of hydrogen-bond acceptors (Lipinski definition) is 2. The lowest BCUT2D eigenvalue weighted by atomic mass is 9.91. The molecule has 1 N–H and O–H groups in total. The van der Waals surface area contributed by atoms with Gasteiger partial charge >= 0.3 is 0 Å². The molecule has 0 aliphatic heterocycles. The second-order valence-electron chi connectivity index (χ2n) is 4.83. The van der Waals surface area contributed by atoms with Gasteiger partial charge in [0.2, 0.25) is 0 Å². The number of likely N-dealkylation sites (N-methyl/N-ethyl adjacent to an activating group) is 1. The quantitative estimate of drug-likeness (QED) is 0.714. The van der Waals surface area contributed by atoms with E-state index in [0.29, 0.717) is 12.0 Å². The van der Waals surface area contributed by atoms with Gasteiger partial charge in [0.25, 0.3) is 0 Å². The van der Waals surface area contributed by atoms with Crippen molar-refractivity contribution in [3.05, 3.63) is 0 Å². The second-order valence-corrected chi connectivity index (χ2v) is 4.83. The zero-order valence-electron chi connectivity index (χ0n) is 10.7. The summed E-state index contributed by atoms with van der Waals surface area (Å²) < 4.78 is 0. The van der Waals surface area contributed by atoms with Crippen LogP contribution in [0.4, 0.5) is 0 Å². The average Bonchev–Trinajstić information content (AvgIpc) is 2.12. The molecule has 0 saturated carbocycles. The minimum atomic E-state index is -0.570. The molecule has 0 bridgehead atoms. The van der Waals surface area contributed by atoms with E-state index in [4.69, 9.17) is 0 Å². The Hall–Kier alpha value is -0.0800. The second kappa shape index (κ2) is 5.72. The summed E-state index contributed by atoms with van der Waals surface area (Å²) in [6.07, 6.45) is 1.14. The van der Waals surface area contributed by atoms with Gasteiger partial charge in [0.05, 0.1) is 5.60 Å². The van der Waals surface area contributed by atoms with Crippen LogP contribution in [0.1, 0.15) is 48.0 Å². The van der Waals surface area contributed by atoms with E-state index >= 15 is 0 Å². The van der Waals surface area contributed by atoms with Crippen LogP contribution in [0.25, 0.3) is 0 Å². The van der Waals surface area contributed by atoms with Crippen LogP contribution in [0.15, 0.2) is 0 Å². The van der Waals surface area contributed by atoms with Crippen LogP contribution in [-0.4, -0.2) is 34.7 Å². The van der Waals surface area contributed by atoms with Crippen LogP contribution in [0.3, 0.4) is 0 Å². The summed E-state index contributed by atoms with van der Waals surface area (Å²) in [5.41, 5.74) is -0.570. The summed E-state index contributed by atoms with van der Waals surface area (Å²) in [6, 6.07) is 0.560. The van der Waals surface area contributed by atoms with Gasteiger partial charge in [-0.2, -0.15) is 0 Å². The van der Waals surface area contributed by atoms with Crippen molar-refractivity contribution in [2.24, 2.45) is 5.92 Å². The van der Waals surface area contributed by atoms with Gasteiger partial charge in [0, 0.05) is 12.6 Å². The monoisotopic (exact) mass is 201 g/mol. The summed E-state index contributed by atoms with van der Waals surface area (Å²) in [4.78, 5) is 2.35. The molecule has 0 spiro atoms. The number of rotatable bonds is 6. The fourth-order valence-corrected chi connectivity index (χ4v) is 1.43. The Morgan fingerprint density at radius 1 is 1.21 bits per heavy atom. The Morgan fingerprint density at radius 2 is 1.71 bits per heavy atom. The van der Waals surface area contributed by atoms with E-state index in [9.17, 15) is 5.11 Å². The standard InChI is InChI=1S/C12H27NO/c1-7-11(5)13(8-2)9-12(6,14)10(3)4/h10-11,14H,7-9H2,1-6H3. The third-order valence-corrected chi connectivity index (χ3v) is 3.39. The molecule has 0 aromatic rings. The van der Waals surface area contributed by atoms with Gasteiger partial charge in [0.1, 0.15) is 0 Å². The third kappa shape index (κ3) is 3.97. The molecular formula is C12H27NO. The van der Waals surface area contributed by atoms with Crippen LogP contribution in [0, 0.1) is 5.92 Å². The molecule has 2 unspecified atom stereocenters. The molecule has 14 heavy (non-hydrogen) atoms. The first-order valence-electron chi connectivity index (χ1n) is 5.81. The van der Waals surface area contributed by atoms with Crippen LogP contribution >= 0.6 is 0 Å². The van der Waals surface area contributed by atoms with Crippen LogP contribution < -0.4 is 0 Å². The molecule has 0 aromatic carbocycles. The summed E-state index contributed by atoms with van der Waals surface area (Å²) in [5.74, 6) is 0.306. The molecule has 2 heteroatoms. The Bertz CT molecular complexity index is 154. The molecule has 0 fully saturated rings. The van der Waals surface area contributed by atoms with E-state index in [0.717, 1.165) is 19.5 Å². The first-order chi connectivity index (χ1) is 6.35. The minimum absolute atomic E-state index is 0.306. The molecule has 2 nitrogen and oxygen atoms in total. The predicted octanol–water partition coefficient (Wildman–Crippen LogP) is 2.51. The summed E-state index contributed by atoms with van der Waals surface area (Å²) in [5, 5.41) is 10.2. The number of hydrogen-bond donors (Lipinski definition) is 1. The highest BCUT2D eigenvalue weighted by Crippen LogP contribution is 2.19. The van der Waals surface area contributed by atoms with Gasteiger partial charge in [-0.3, -0.25) is 4.90 Å². The molecule has 2 atom stereocenters. The largest absolute Gasteiger partial charge is 0.389 e. The van der Waals surface area contributed by atoms with Crippen molar-refractivity contribution in [2.75, 3.05) is 13.1 Å². The lowest BCUT2D eigenvalue weighted by molar-refractivity contribution is -0.0265. The van der Waals surface area contributed by atoms with E-state index < -0.39 is 5.60 Å². The van der Waals surface area contributed by atoms with Crippen LogP contribution in [0.5, 0.6) is 0 Å². The highest BCUT2D eigenvalue weighted by atomic mass is 16.3. The molecule has 0 aromatic heterocycles. The summed E-state index contributed by atoms with van der Waals surface area (Å²) in [7, 11) is 0. The fraction of sp³-hybridized carbons (Fsp3) is 1.00. The molecule has 0 saturated heterocycles. The first-order valence-corrected chi connectivity index (χ1v) is 5.81. The predicted molar refractivity (Wildman–Crippen MR) is 62.5 cm³/mol. The molecule has 86 valence electrons. The summed E-state index contributed by atoms with van der Waals surface area (Å²) >= 11 is 0. The van der Waals surface area contributed by atoms with Crippen molar-refractivity contribution >= 4 is 0 Å². The van der Waals surface area contributed by atoms with Crippen LogP contribution in [0.2, 0.25) is 0 Å². The number of nitrogens with zero attached hydrogens (tertiary/aromatic N) is 1. The lowest BCUT2D eigenvalue weighted by Crippen LogP contribution is -2.47. The normalized spacial score (nSPS) is 18.6. The van der Waals surface area contributed by atoms with Gasteiger partial charge in [0.15, 0.2) is 0 Å². The summed E-state index contributed by atoms with van der Waals surface area (Å²) in [6.45, 7) is 14.4. The van der Waals surface area contributed by atoms with Gasteiger partial charge in [-0.15, -0.1) is 0 Å². The highest BCUT2D eigenvalue weighted by molar-refractivity contribution is 4.82. The molecule has 0 heterocycles. The number of aliphatic hydroxyl groups is 1. The van der Waals surface area contributed by atoms with E-state index in [1.54, 1.807) is 0 Å². The van der Waals surface area contributed by atoms with E-state index in [1.165, 1.54) is 0 Å². The Kier molecular flexibility index (Phi) is 5.68. The van der Waals surface area contributed by atoms with Crippen molar-refractivity contribution in [2.45, 2.75) is 59.6 Å². The Labute approximate surface area is 89.3 Å². The molecule has 0 radical (unpaired) electrons. The van der Waals surface area contributed by atoms with E-state index in [2.05, 4.69) is 39.5 Å². The Morgan fingerprint density at radius 3 is 2.00 bits per heavy atom. The van der Waals surface area contributed by atoms with Crippen LogP contribution in [-0.2, 0) is 0 Å². The van der Waals surface area contributed by atoms with Crippen molar-refractivity contribution < 1.29 is 5.11 Å². The highest BCUT2D eigenvalue weighted by Gasteiger charge is 2.28. The first kappa shape index (κ1) is 13.9. The maximum atomic E-state index is 10.2. The molecule has 0 aliphatic carbocycles. The van der Waals surface area contributed by atoms with Crippen molar-refractivity contribution in [3.8, 4) is 0 Å². The smallest absolute Gasteiger partial charge is 0.0768 e. The maximum Gasteiger partial charge on any atom is 0.0768 e. The minimum Gasteiger partial charge on any atom is -0.389 e. The SMILES string of the molecule is CCC(C)N(CC)CC(C)(O)C(C)C. The van der Waals surface area contributed by atoms with Crippen molar-refractivity contribution in [1.82, 2.24) is 4.90 Å². The van der Waals surface area contributed by atoms with Gasteiger partial charge < -0.3 is 5.11 Å². The van der Waals surface area contributed by atoms with Crippen molar-refractivity contribution in [1.29, 1.82) is 0 Å². The fourth-order valence-electron chi connectivity index (χ4n) is 1.43. The zero-order valence-corrected chi connectivity index (χ0v) is 10.7. The zero-order chi connectivity index (χ0) is 11.4. The Balaban J connectivity index is 4.30. The molecule has 0 aliphatic rings. The molecule has 0 amide bonds. The maximum absolute atomic E-state index is 10.2. The van der Waals surface area contributed by atoms with Gasteiger partial charge in [-0.25, -0.2) is 0 Å². The lowest BCUT2D eigenvalue weighted by Gasteiger charge is -2.36.